The van der Waals surface area contributed by atoms with Crippen LogP contribution in [-0.2, 0) is 28.4 Å². The Hall–Kier alpha value is -3.64. The predicted octanol–water partition coefficient (Wildman–Crippen LogP) is 3.73. The number of nitrogens with one attached hydrogen (secondary N) is 1. The predicted molar refractivity (Wildman–Crippen MR) is 118 cm³/mol. The summed E-state index contributed by atoms with van der Waals surface area (Å²) in [4.78, 5) is 35.9. The van der Waals surface area contributed by atoms with Crippen LogP contribution < -0.4 is 5.32 Å². The molecule has 1 atom stereocenters. The molecule has 0 amide bonds. The van der Waals surface area contributed by atoms with Gasteiger partial charge in [0.2, 0.25) is 0 Å². The smallest absolute Gasteiger partial charge is 0.432 e. The summed E-state index contributed by atoms with van der Waals surface area (Å²) >= 11 is 0. The van der Waals surface area contributed by atoms with Crippen LogP contribution in [0, 0.1) is 10.1 Å². The van der Waals surface area contributed by atoms with Gasteiger partial charge in [0.05, 0.1) is 29.5 Å². The van der Waals surface area contributed by atoms with E-state index < -0.39 is 23.2 Å². The number of dihydropyridines is 1. The van der Waals surface area contributed by atoms with Crippen LogP contribution in [0.25, 0.3) is 0 Å². The quantitative estimate of drug-likeness (QED) is 0.214. The van der Waals surface area contributed by atoms with Gasteiger partial charge in [-0.1, -0.05) is 25.1 Å². The molecule has 1 aliphatic rings. The molecule has 0 saturated heterocycles. The number of hydrogen-bond donors (Lipinski definition) is 1. The molecule has 0 fully saturated rings. The number of allylic oxidation sites excluding steroid dienone is 2. The zero-order valence-electron chi connectivity index (χ0n) is 19.5. The second-order valence-corrected chi connectivity index (χ2v) is 6.95. The van der Waals surface area contributed by atoms with Crippen LogP contribution in [-0.4, -0.2) is 57.9 Å². The zero-order chi connectivity index (χ0) is 25.1. The van der Waals surface area contributed by atoms with E-state index in [0.29, 0.717) is 17.8 Å². The van der Waals surface area contributed by atoms with E-state index in [0.717, 1.165) is 0 Å². The first-order valence-corrected chi connectivity index (χ1v) is 10.4. The van der Waals surface area contributed by atoms with E-state index in [1.807, 2.05) is 0 Å². The Bertz CT molecular complexity index is 957. The molecule has 0 aliphatic carbocycles. The Labute approximate surface area is 196 Å². The summed E-state index contributed by atoms with van der Waals surface area (Å²) in [5.41, 5.74) is 0.757. The van der Waals surface area contributed by atoms with Crippen molar-refractivity contribution in [3.05, 3.63) is 62.9 Å². The van der Waals surface area contributed by atoms with Crippen molar-refractivity contribution >= 4 is 18.0 Å². The molecule has 186 valence electrons. The maximum absolute atomic E-state index is 12.4. The maximum Gasteiger partial charge on any atom is 0.513 e. The van der Waals surface area contributed by atoms with E-state index in [1.54, 1.807) is 19.9 Å². The standard InChI is InChI=1S/C22H28N2O10/c1-5-16-20(34-22(26)32-13-11-30-4)18(15-8-6-7-9-17(15)24(27)28)19(14(2)23-16)33-21(25)31-12-10-29-3/h6-9,18,23H,5,10-13H2,1-4H3. The van der Waals surface area contributed by atoms with Crippen molar-refractivity contribution in [1.82, 2.24) is 5.32 Å². The molecule has 12 nitrogen and oxygen atoms in total. The molecule has 1 unspecified atom stereocenters. The molecule has 0 saturated carbocycles. The Morgan fingerprint density at radius 3 is 2.06 bits per heavy atom. The molecule has 2 rings (SSSR count). The molecular formula is C22H28N2O10. The van der Waals surface area contributed by atoms with Gasteiger partial charge in [0.1, 0.15) is 30.6 Å². The zero-order valence-corrected chi connectivity index (χ0v) is 19.5. The fourth-order valence-electron chi connectivity index (χ4n) is 3.21. The first kappa shape index (κ1) is 26.6. The summed E-state index contributed by atoms with van der Waals surface area (Å²) in [6.45, 7) is 3.62. The molecule has 1 N–H and O–H groups in total. The Balaban J connectivity index is 2.51. The summed E-state index contributed by atoms with van der Waals surface area (Å²) in [6.07, 6.45) is -1.70. The summed E-state index contributed by atoms with van der Waals surface area (Å²) in [5.74, 6) is -1.12. The third kappa shape index (κ3) is 6.93. The van der Waals surface area contributed by atoms with E-state index in [4.69, 9.17) is 28.4 Å². The van der Waals surface area contributed by atoms with E-state index in [-0.39, 0.29) is 49.2 Å². The lowest BCUT2D eigenvalue weighted by molar-refractivity contribution is -0.385. The highest BCUT2D eigenvalue weighted by atomic mass is 16.7. The molecule has 0 radical (unpaired) electrons. The highest BCUT2D eigenvalue weighted by Gasteiger charge is 2.39. The number of rotatable bonds is 11. The van der Waals surface area contributed by atoms with Crippen LogP contribution in [0.4, 0.5) is 15.3 Å². The van der Waals surface area contributed by atoms with Crippen LogP contribution in [0.3, 0.4) is 0 Å². The van der Waals surface area contributed by atoms with Crippen molar-refractivity contribution in [1.29, 1.82) is 0 Å². The first-order chi connectivity index (χ1) is 16.3. The molecule has 1 aromatic rings. The van der Waals surface area contributed by atoms with Gasteiger partial charge in [-0.05, 0) is 13.3 Å². The lowest BCUT2D eigenvalue weighted by Gasteiger charge is -2.30. The molecule has 1 heterocycles. The molecule has 0 aromatic heterocycles. The number of benzene rings is 1. The Morgan fingerprint density at radius 1 is 0.971 bits per heavy atom. The summed E-state index contributed by atoms with van der Waals surface area (Å²) < 4.78 is 30.6. The lowest BCUT2D eigenvalue weighted by Crippen LogP contribution is -2.30. The highest BCUT2D eigenvalue weighted by Crippen LogP contribution is 2.43. The van der Waals surface area contributed by atoms with Gasteiger partial charge >= 0.3 is 12.3 Å². The van der Waals surface area contributed by atoms with E-state index in [2.05, 4.69) is 5.32 Å². The number of carbonyl (C=O) groups excluding carboxylic acids is 2. The van der Waals surface area contributed by atoms with Gasteiger partial charge in [-0.3, -0.25) is 10.1 Å². The van der Waals surface area contributed by atoms with E-state index >= 15 is 0 Å². The molecule has 1 aliphatic heterocycles. The number of methoxy groups -OCH3 is 2. The van der Waals surface area contributed by atoms with Gasteiger partial charge in [0.25, 0.3) is 5.69 Å². The minimum absolute atomic E-state index is 0.00417. The van der Waals surface area contributed by atoms with E-state index in [1.165, 1.54) is 32.4 Å². The van der Waals surface area contributed by atoms with Gasteiger partial charge in [0.15, 0.2) is 0 Å². The molecule has 1 aromatic carbocycles. The number of nitro groups is 1. The van der Waals surface area contributed by atoms with Crippen molar-refractivity contribution < 1.29 is 42.9 Å². The van der Waals surface area contributed by atoms with Gasteiger partial charge in [0, 0.05) is 25.8 Å². The highest BCUT2D eigenvalue weighted by molar-refractivity contribution is 5.66. The van der Waals surface area contributed by atoms with Gasteiger partial charge in [-0.15, -0.1) is 0 Å². The second kappa shape index (κ2) is 13.2. The maximum atomic E-state index is 12.4. The molecule has 0 spiro atoms. The average Bonchev–Trinajstić information content (AvgIpc) is 2.81. The van der Waals surface area contributed by atoms with Crippen molar-refractivity contribution in [3.8, 4) is 0 Å². The minimum atomic E-state index is -1.11. The molecule has 0 bridgehead atoms. The summed E-state index contributed by atoms with van der Waals surface area (Å²) in [7, 11) is 2.90. The fourth-order valence-corrected chi connectivity index (χ4v) is 3.21. The third-order valence-electron chi connectivity index (χ3n) is 4.73. The number of ether oxygens (including phenoxy) is 6. The van der Waals surface area contributed by atoms with Gasteiger partial charge in [-0.25, -0.2) is 9.59 Å². The second-order valence-electron chi connectivity index (χ2n) is 6.95. The van der Waals surface area contributed by atoms with Crippen molar-refractivity contribution in [2.24, 2.45) is 0 Å². The van der Waals surface area contributed by atoms with Gasteiger partial charge < -0.3 is 33.7 Å². The largest absolute Gasteiger partial charge is 0.513 e. The topological polar surface area (TPSA) is 145 Å². The Morgan fingerprint density at radius 2 is 1.53 bits per heavy atom. The van der Waals surface area contributed by atoms with Gasteiger partial charge in [-0.2, -0.15) is 0 Å². The van der Waals surface area contributed by atoms with Crippen LogP contribution in [0.15, 0.2) is 47.2 Å². The normalized spacial score (nSPS) is 15.5. The monoisotopic (exact) mass is 480 g/mol. The minimum Gasteiger partial charge on any atom is -0.432 e. The van der Waals surface area contributed by atoms with Crippen LogP contribution in [0.5, 0.6) is 0 Å². The average molecular weight is 480 g/mol. The summed E-state index contributed by atoms with van der Waals surface area (Å²) in [6, 6.07) is 5.90. The van der Waals surface area contributed by atoms with E-state index in [9.17, 15) is 19.7 Å². The molecule has 34 heavy (non-hydrogen) atoms. The first-order valence-electron chi connectivity index (χ1n) is 10.4. The SMILES string of the molecule is CCC1=C(OC(=O)OCCOC)C(c2ccccc2[N+](=O)[O-])C(OC(=O)OCCOC)=C(C)N1. The van der Waals surface area contributed by atoms with Crippen molar-refractivity contribution in [2.75, 3.05) is 40.6 Å². The van der Waals surface area contributed by atoms with Crippen molar-refractivity contribution in [2.45, 2.75) is 26.2 Å². The number of carbonyl (C=O) groups is 2. The lowest BCUT2D eigenvalue weighted by atomic mass is 9.88. The number of nitro benzene ring substituents is 1. The third-order valence-corrected chi connectivity index (χ3v) is 4.73. The number of hydrogen-bond acceptors (Lipinski definition) is 11. The molecule has 12 heteroatoms. The molecular weight excluding hydrogens is 452 g/mol. The van der Waals surface area contributed by atoms with Crippen LogP contribution in [0.1, 0.15) is 31.7 Å². The summed E-state index contributed by atoms with van der Waals surface area (Å²) in [5, 5.41) is 14.8. The van der Waals surface area contributed by atoms with Crippen LogP contribution in [0.2, 0.25) is 0 Å². The fraction of sp³-hybridized carbons (Fsp3) is 0.455. The number of nitrogens with zero attached hydrogens (tertiary/aromatic N) is 1. The van der Waals surface area contributed by atoms with Crippen LogP contribution >= 0.6 is 0 Å². The number of para-hydroxylation sites is 1. The Kier molecular flexibility index (Phi) is 10.3. The van der Waals surface area contributed by atoms with Crippen molar-refractivity contribution in [3.63, 3.8) is 0 Å².